The number of hydrogen-bond acceptors (Lipinski definition) is 5. The fraction of sp³-hybridized carbons (Fsp3) is 0.348. The van der Waals surface area contributed by atoms with Crippen molar-refractivity contribution in [1.82, 2.24) is 24.9 Å². The summed E-state index contributed by atoms with van der Waals surface area (Å²) in [7, 11) is 1.73. The largest absolute Gasteiger partial charge is 0.340 e. The number of carbonyl (C=O) groups excluding carboxylic acids is 2. The van der Waals surface area contributed by atoms with Gasteiger partial charge in [0.05, 0.1) is 23.1 Å². The lowest BCUT2D eigenvalue weighted by molar-refractivity contribution is -0.133. The Labute approximate surface area is 185 Å². The number of aromatic nitrogens is 4. The summed E-state index contributed by atoms with van der Waals surface area (Å²) < 4.78 is 1.20. The van der Waals surface area contributed by atoms with Crippen LogP contribution in [0.4, 0.5) is 5.69 Å². The van der Waals surface area contributed by atoms with E-state index in [4.69, 9.17) is 0 Å². The molecular weight excluding hydrogens is 408 g/mol. The van der Waals surface area contributed by atoms with Crippen LogP contribution in [0.5, 0.6) is 0 Å². The summed E-state index contributed by atoms with van der Waals surface area (Å²) in [6.45, 7) is 2.74. The summed E-state index contributed by atoms with van der Waals surface area (Å²) in [6.07, 6.45) is 3.19. The van der Waals surface area contributed by atoms with E-state index in [1.54, 1.807) is 36.0 Å². The van der Waals surface area contributed by atoms with Crippen molar-refractivity contribution < 1.29 is 9.59 Å². The number of amides is 2. The summed E-state index contributed by atoms with van der Waals surface area (Å²) in [6, 6.07) is 12.5. The van der Waals surface area contributed by atoms with Crippen molar-refractivity contribution in [3.8, 4) is 0 Å². The van der Waals surface area contributed by atoms with Crippen molar-refractivity contribution in [2.75, 3.05) is 25.0 Å². The molecule has 32 heavy (non-hydrogen) atoms. The number of benzene rings is 1. The number of H-pyrrole nitrogens is 1. The van der Waals surface area contributed by atoms with Crippen molar-refractivity contribution in [2.24, 2.45) is 0 Å². The molecule has 9 heteroatoms. The first kappa shape index (κ1) is 21.5. The number of aromatic amines is 1. The average molecular weight is 435 g/mol. The Balaban J connectivity index is 1.49. The summed E-state index contributed by atoms with van der Waals surface area (Å²) in [4.78, 5) is 41.4. The number of carbonyl (C=O) groups is 2. The van der Waals surface area contributed by atoms with E-state index in [9.17, 15) is 14.4 Å². The number of nitrogens with one attached hydrogen (secondary N) is 1. The monoisotopic (exact) mass is 434 g/mol. The van der Waals surface area contributed by atoms with Gasteiger partial charge in [-0.3, -0.25) is 19.5 Å². The SMILES string of the molecule is Cc1ccc(=O)n(CC(=O)N2CCC[C@@H](c3[nH]ncc3C(=O)N(C)c3ccccc3)C2)n1. The van der Waals surface area contributed by atoms with Gasteiger partial charge in [0.15, 0.2) is 0 Å². The van der Waals surface area contributed by atoms with Gasteiger partial charge < -0.3 is 9.80 Å². The molecule has 0 spiro atoms. The number of piperidine rings is 1. The fourth-order valence-corrected chi connectivity index (χ4v) is 4.06. The molecule has 0 aliphatic carbocycles. The Morgan fingerprint density at radius 2 is 1.97 bits per heavy atom. The third kappa shape index (κ3) is 4.46. The molecule has 1 atom stereocenters. The smallest absolute Gasteiger partial charge is 0.267 e. The molecule has 166 valence electrons. The quantitative estimate of drug-likeness (QED) is 0.661. The second-order valence-corrected chi connectivity index (χ2v) is 8.05. The second kappa shape index (κ2) is 9.17. The van der Waals surface area contributed by atoms with E-state index < -0.39 is 0 Å². The van der Waals surface area contributed by atoms with Crippen molar-refractivity contribution in [2.45, 2.75) is 32.2 Å². The highest BCUT2D eigenvalue weighted by Crippen LogP contribution is 2.29. The Bertz CT molecular complexity index is 1170. The minimum absolute atomic E-state index is 0.0412. The van der Waals surface area contributed by atoms with E-state index in [2.05, 4.69) is 15.3 Å². The first-order valence-corrected chi connectivity index (χ1v) is 10.6. The zero-order valence-corrected chi connectivity index (χ0v) is 18.2. The maximum atomic E-state index is 13.1. The van der Waals surface area contributed by atoms with E-state index in [1.807, 2.05) is 30.3 Å². The van der Waals surface area contributed by atoms with E-state index in [-0.39, 0.29) is 29.8 Å². The second-order valence-electron chi connectivity index (χ2n) is 8.05. The predicted octanol–water partition coefficient (Wildman–Crippen LogP) is 1.96. The van der Waals surface area contributed by atoms with Crippen LogP contribution in [-0.4, -0.2) is 56.8 Å². The number of para-hydroxylation sites is 1. The third-order valence-electron chi connectivity index (χ3n) is 5.81. The molecule has 1 saturated heterocycles. The van der Waals surface area contributed by atoms with Crippen LogP contribution in [0.25, 0.3) is 0 Å². The molecule has 0 unspecified atom stereocenters. The number of aryl methyl sites for hydroxylation is 1. The van der Waals surface area contributed by atoms with Gasteiger partial charge >= 0.3 is 0 Å². The minimum atomic E-state index is -0.303. The molecule has 1 aliphatic rings. The van der Waals surface area contributed by atoms with Crippen LogP contribution in [0.3, 0.4) is 0 Å². The van der Waals surface area contributed by atoms with E-state index >= 15 is 0 Å². The molecular formula is C23H26N6O3. The van der Waals surface area contributed by atoms with Crippen LogP contribution in [0, 0.1) is 6.92 Å². The molecule has 1 aromatic carbocycles. The van der Waals surface area contributed by atoms with Crippen LogP contribution >= 0.6 is 0 Å². The Hall–Kier alpha value is -3.75. The lowest BCUT2D eigenvalue weighted by Crippen LogP contribution is -2.43. The molecule has 1 fully saturated rings. The predicted molar refractivity (Wildman–Crippen MR) is 120 cm³/mol. The van der Waals surface area contributed by atoms with Gasteiger partial charge in [-0.25, -0.2) is 4.68 Å². The first-order chi connectivity index (χ1) is 15.4. The number of nitrogens with zero attached hydrogens (tertiary/aromatic N) is 5. The minimum Gasteiger partial charge on any atom is -0.340 e. The van der Waals surface area contributed by atoms with Gasteiger partial charge in [0, 0.05) is 37.8 Å². The zero-order chi connectivity index (χ0) is 22.7. The number of likely N-dealkylation sites (tertiary alicyclic amines) is 1. The fourth-order valence-electron chi connectivity index (χ4n) is 4.06. The number of hydrogen-bond donors (Lipinski definition) is 1. The van der Waals surface area contributed by atoms with Crippen LogP contribution in [0.15, 0.2) is 53.5 Å². The van der Waals surface area contributed by atoms with E-state index in [0.717, 1.165) is 24.2 Å². The Kier molecular flexibility index (Phi) is 6.16. The standard InChI is InChI=1S/C23H26N6O3/c1-16-10-11-20(30)29(26-16)15-21(31)28-12-6-7-17(14-28)22-19(13-24-25-22)23(32)27(2)18-8-4-3-5-9-18/h3-5,8-11,13,17H,6-7,12,14-15H2,1-2H3,(H,24,25)/t17-/m1/s1. The van der Waals surface area contributed by atoms with E-state index in [0.29, 0.717) is 24.3 Å². The molecule has 3 heterocycles. The van der Waals surface area contributed by atoms with Gasteiger partial charge in [-0.1, -0.05) is 18.2 Å². The van der Waals surface area contributed by atoms with Gasteiger partial charge in [-0.05, 0) is 38.0 Å². The molecule has 4 rings (SSSR count). The van der Waals surface area contributed by atoms with Crippen LogP contribution in [0.2, 0.25) is 0 Å². The normalized spacial score (nSPS) is 16.1. The molecule has 0 radical (unpaired) electrons. The van der Waals surface area contributed by atoms with Crippen molar-refractivity contribution in [3.63, 3.8) is 0 Å². The summed E-state index contributed by atoms with van der Waals surface area (Å²) in [5, 5.41) is 11.3. The van der Waals surface area contributed by atoms with Gasteiger partial charge in [0.25, 0.3) is 11.5 Å². The van der Waals surface area contributed by atoms with Gasteiger partial charge in [-0.2, -0.15) is 10.2 Å². The topological polar surface area (TPSA) is 104 Å². The third-order valence-corrected chi connectivity index (χ3v) is 5.81. The summed E-state index contributed by atoms with van der Waals surface area (Å²) in [5.41, 5.74) is 2.41. The van der Waals surface area contributed by atoms with Gasteiger partial charge in [0.2, 0.25) is 5.91 Å². The maximum absolute atomic E-state index is 13.1. The Morgan fingerprint density at radius 1 is 1.19 bits per heavy atom. The van der Waals surface area contributed by atoms with Crippen LogP contribution in [0.1, 0.15) is 40.5 Å². The van der Waals surface area contributed by atoms with Gasteiger partial charge in [-0.15, -0.1) is 0 Å². The Morgan fingerprint density at radius 3 is 2.75 bits per heavy atom. The molecule has 0 saturated carbocycles. The lowest BCUT2D eigenvalue weighted by Gasteiger charge is -2.33. The molecule has 3 aromatic rings. The molecule has 1 N–H and O–H groups in total. The lowest BCUT2D eigenvalue weighted by atomic mass is 9.92. The van der Waals surface area contributed by atoms with Crippen LogP contribution < -0.4 is 10.5 Å². The van der Waals surface area contributed by atoms with E-state index in [1.165, 1.54) is 10.7 Å². The highest BCUT2D eigenvalue weighted by molar-refractivity contribution is 6.06. The average Bonchev–Trinajstić information content (AvgIpc) is 3.31. The molecule has 2 aromatic heterocycles. The molecule has 1 aliphatic heterocycles. The van der Waals surface area contributed by atoms with Crippen molar-refractivity contribution in [3.05, 3.63) is 76.0 Å². The highest BCUT2D eigenvalue weighted by Gasteiger charge is 2.30. The van der Waals surface area contributed by atoms with Crippen molar-refractivity contribution in [1.29, 1.82) is 0 Å². The zero-order valence-electron chi connectivity index (χ0n) is 18.2. The molecule has 9 nitrogen and oxygen atoms in total. The number of rotatable bonds is 5. The highest BCUT2D eigenvalue weighted by atomic mass is 16.2. The first-order valence-electron chi connectivity index (χ1n) is 10.6. The molecule has 0 bridgehead atoms. The number of anilines is 1. The van der Waals surface area contributed by atoms with Crippen LogP contribution in [-0.2, 0) is 11.3 Å². The van der Waals surface area contributed by atoms with Crippen molar-refractivity contribution >= 4 is 17.5 Å². The van der Waals surface area contributed by atoms with Gasteiger partial charge in [0.1, 0.15) is 6.54 Å². The maximum Gasteiger partial charge on any atom is 0.267 e. The molecule has 2 amide bonds. The summed E-state index contributed by atoms with van der Waals surface area (Å²) in [5.74, 6) is -0.358. The summed E-state index contributed by atoms with van der Waals surface area (Å²) >= 11 is 0.